The Bertz CT molecular complexity index is 646. The summed E-state index contributed by atoms with van der Waals surface area (Å²) in [5.74, 6) is -0.913. The molecule has 0 N–H and O–H groups in total. The highest BCUT2D eigenvalue weighted by Gasteiger charge is 2.29. The lowest BCUT2D eigenvalue weighted by atomic mass is 10.2. The number of carbonyl (C=O) groups is 3. The number of nitrogens with zero attached hydrogens (tertiary/aromatic N) is 1. The number of methoxy groups -OCH3 is 2. The molecule has 2 amide bonds. The van der Waals surface area contributed by atoms with Gasteiger partial charge in [0.2, 0.25) is 0 Å². The minimum atomic E-state index is -0.784. The van der Waals surface area contributed by atoms with Crippen LogP contribution in [0.1, 0.15) is 10.4 Å². The van der Waals surface area contributed by atoms with Gasteiger partial charge in [-0.2, -0.15) is 0 Å². The van der Waals surface area contributed by atoms with E-state index in [0.29, 0.717) is 0 Å². The molecule has 0 radical (unpaired) electrons. The van der Waals surface area contributed by atoms with Gasteiger partial charge in [-0.05, 0) is 12.1 Å². The van der Waals surface area contributed by atoms with Gasteiger partial charge in [-0.3, -0.25) is 4.79 Å². The monoisotopic (exact) mass is 343 g/mol. The topological polar surface area (TPSA) is 91.4 Å². The summed E-state index contributed by atoms with van der Waals surface area (Å²) in [6.07, 6.45) is -0.750. The first kappa shape index (κ1) is 16.9. The van der Waals surface area contributed by atoms with Crippen LogP contribution in [0.15, 0.2) is 12.1 Å². The second-order valence-corrected chi connectivity index (χ2v) is 4.84. The smallest absolute Gasteiger partial charge is 0.416 e. The van der Waals surface area contributed by atoms with Crippen LogP contribution in [0.5, 0.6) is 11.5 Å². The molecule has 9 heteroatoms. The van der Waals surface area contributed by atoms with Crippen molar-refractivity contribution in [2.24, 2.45) is 0 Å². The summed E-state index contributed by atoms with van der Waals surface area (Å²) in [6, 6.07) is 2.71. The molecule has 23 heavy (non-hydrogen) atoms. The average Bonchev–Trinajstić information content (AvgIpc) is 2.97. The first-order chi connectivity index (χ1) is 11.0. The van der Waals surface area contributed by atoms with Crippen LogP contribution in [0.3, 0.4) is 0 Å². The summed E-state index contributed by atoms with van der Waals surface area (Å²) < 4.78 is 19.6. The van der Waals surface area contributed by atoms with Crippen molar-refractivity contribution in [1.82, 2.24) is 4.90 Å². The molecule has 1 saturated heterocycles. The first-order valence-corrected chi connectivity index (χ1v) is 6.91. The van der Waals surface area contributed by atoms with Crippen molar-refractivity contribution >= 4 is 29.6 Å². The zero-order chi connectivity index (χ0) is 17.0. The Balaban J connectivity index is 2.05. The number of ether oxygens (including phenoxy) is 4. The van der Waals surface area contributed by atoms with Gasteiger partial charge < -0.3 is 18.9 Å². The number of amides is 2. The Labute approximate surface area is 136 Å². The minimum Gasteiger partial charge on any atom is -0.493 e. The number of carbonyl (C=O) groups excluding carboxylic acids is 3. The van der Waals surface area contributed by atoms with Crippen molar-refractivity contribution in [3.8, 4) is 11.5 Å². The number of imide groups is 1. The Morgan fingerprint density at radius 1 is 1.30 bits per heavy atom. The molecular formula is C14H14ClNO7. The number of hydrogen-bond acceptors (Lipinski definition) is 7. The zero-order valence-electron chi connectivity index (χ0n) is 12.5. The minimum absolute atomic E-state index is 0.0875. The molecule has 0 saturated carbocycles. The normalized spacial score (nSPS) is 13.5. The molecule has 0 aromatic heterocycles. The molecule has 1 aliphatic rings. The fourth-order valence-electron chi connectivity index (χ4n) is 1.94. The summed E-state index contributed by atoms with van der Waals surface area (Å²) in [4.78, 5) is 35.9. The van der Waals surface area contributed by atoms with Crippen molar-refractivity contribution in [3.05, 3.63) is 22.7 Å². The lowest BCUT2D eigenvalue weighted by Crippen LogP contribution is -2.35. The number of esters is 1. The maximum atomic E-state index is 12.0. The molecule has 0 spiro atoms. The summed E-state index contributed by atoms with van der Waals surface area (Å²) in [5.41, 5.74) is 0.0875. The van der Waals surface area contributed by atoms with Crippen LogP contribution in [-0.4, -0.2) is 56.8 Å². The molecule has 0 atom stereocenters. The van der Waals surface area contributed by atoms with E-state index in [1.807, 2.05) is 0 Å². The summed E-state index contributed by atoms with van der Waals surface area (Å²) in [5, 5.41) is 0.160. The van der Waals surface area contributed by atoms with E-state index in [-0.39, 0.29) is 35.2 Å². The number of cyclic esters (lactones) is 1. The number of benzene rings is 1. The lowest BCUT2D eigenvalue weighted by molar-refractivity contribution is -0.131. The first-order valence-electron chi connectivity index (χ1n) is 6.53. The fraction of sp³-hybridized carbons (Fsp3) is 0.357. The maximum absolute atomic E-state index is 12.0. The van der Waals surface area contributed by atoms with Crippen LogP contribution in [0.25, 0.3) is 0 Å². The van der Waals surface area contributed by atoms with Crippen molar-refractivity contribution in [2.75, 3.05) is 34.0 Å². The Kier molecular flexibility index (Phi) is 5.28. The fourth-order valence-corrected chi connectivity index (χ4v) is 2.23. The van der Waals surface area contributed by atoms with E-state index in [2.05, 4.69) is 4.74 Å². The predicted octanol–water partition coefficient (Wildman–Crippen LogP) is 1.49. The molecule has 124 valence electrons. The Morgan fingerprint density at radius 3 is 2.61 bits per heavy atom. The van der Waals surface area contributed by atoms with Crippen LogP contribution in [-0.2, 0) is 14.3 Å². The number of halogens is 1. The molecule has 8 nitrogen and oxygen atoms in total. The van der Waals surface area contributed by atoms with E-state index in [9.17, 15) is 14.4 Å². The molecule has 0 bridgehead atoms. The van der Waals surface area contributed by atoms with Gasteiger partial charge in [0.1, 0.15) is 6.61 Å². The van der Waals surface area contributed by atoms with E-state index < -0.39 is 24.6 Å². The molecule has 1 aliphatic heterocycles. The van der Waals surface area contributed by atoms with Crippen LogP contribution in [0.2, 0.25) is 5.02 Å². The van der Waals surface area contributed by atoms with Gasteiger partial charge in [0.05, 0.1) is 31.4 Å². The molecule has 0 aliphatic carbocycles. The second-order valence-electron chi connectivity index (χ2n) is 4.43. The van der Waals surface area contributed by atoms with Crippen molar-refractivity contribution in [3.63, 3.8) is 0 Å². The van der Waals surface area contributed by atoms with Gasteiger partial charge in [-0.1, -0.05) is 11.6 Å². The van der Waals surface area contributed by atoms with Gasteiger partial charge in [0.25, 0.3) is 5.91 Å². The third-order valence-electron chi connectivity index (χ3n) is 3.06. The standard InChI is InChI=1S/C14H14ClNO7/c1-20-10-6-8(5-9(15)12(10)21-2)13(18)23-7-11(17)16-3-4-22-14(16)19/h5-6H,3-4,7H2,1-2H3. The van der Waals surface area contributed by atoms with Gasteiger partial charge in [0, 0.05) is 0 Å². The summed E-state index contributed by atoms with van der Waals surface area (Å²) in [6.45, 7) is -0.318. The number of hydrogen-bond donors (Lipinski definition) is 0. The van der Waals surface area contributed by atoms with E-state index >= 15 is 0 Å². The molecule has 1 aromatic carbocycles. The Morgan fingerprint density at radius 2 is 2.04 bits per heavy atom. The predicted molar refractivity (Wildman–Crippen MR) is 77.9 cm³/mol. The molecule has 0 unspecified atom stereocenters. The maximum Gasteiger partial charge on any atom is 0.416 e. The van der Waals surface area contributed by atoms with E-state index in [0.717, 1.165) is 4.90 Å². The SMILES string of the molecule is COc1cc(C(=O)OCC(=O)N2CCOC2=O)cc(Cl)c1OC. The summed E-state index contributed by atoms with van der Waals surface area (Å²) in [7, 11) is 2.81. The van der Waals surface area contributed by atoms with Crippen molar-refractivity contribution in [2.45, 2.75) is 0 Å². The highest BCUT2D eigenvalue weighted by Crippen LogP contribution is 2.36. The highest BCUT2D eigenvalue weighted by atomic mass is 35.5. The quantitative estimate of drug-likeness (QED) is 0.748. The molecule has 1 fully saturated rings. The van der Waals surface area contributed by atoms with Gasteiger partial charge in [0.15, 0.2) is 18.1 Å². The zero-order valence-corrected chi connectivity index (χ0v) is 13.2. The third kappa shape index (κ3) is 3.65. The van der Waals surface area contributed by atoms with Crippen molar-refractivity contribution in [1.29, 1.82) is 0 Å². The van der Waals surface area contributed by atoms with Crippen LogP contribution in [0, 0.1) is 0 Å². The molecule has 2 rings (SSSR count). The van der Waals surface area contributed by atoms with Gasteiger partial charge in [-0.15, -0.1) is 0 Å². The third-order valence-corrected chi connectivity index (χ3v) is 3.34. The highest BCUT2D eigenvalue weighted by molar-refractivity contribution is 6.32. The van der Waals surface area contributed by atoms with Crippen LogP contribution < -0.4 is 9.47 Å². The second kappa shape index (κ2) is 7.19. The van der Waals surface area contributed by atoms with E-state index in [1.54, 1.807) is 0 Å². The Hall–Kier alpha value is -2.48. The lowest BCUT2D eigenvalue weighted by Gasteiger charge is -2.13. The van der Waals surface area contributed by atoms with Gasteiger partial charge in [-0.25, -0.2) is 14.5 Å². The largest absolute Gasteiger partial charge is 0.493 e. The van der Waals surface area contributed by atoms with Gasteiger partial charge >= 0.3 is 12.1 Å². The van der Waals surface area contributed by atoms with E-state index in [1.165, 1.54) is 26.4 Å². The average molecular weight is 344 g/mol. The number of rotatable bonds is 5. The summed E-state index contributed by atoms with van der Waals surface area (Å²) >= 11 is 5.99. The van der Waals surface area contributed by atoms with E-state index in [4.69, 9.17) is 25.8 Å². The molecule has 1 heterocycles. The molecule has 1 aromatic rings. The van der Waals surface area contributed by atoms with Crippen molar-refractivity contribution < 1.29 is 33.3 Å². The molecular weight excluding hydrogens is 330 g/mol. The van der Waals surface area contributed by atoms with Crippen LogP contribution in [0.4, 0.5) is 4.79 Å². The van der Waals surface area contributed by atoms with Crippen LogP contribution >= 0.6 is 11.6 Å².